The van der Waals surface area contributed by atoms with Crippen LogP contribution in [0.5, 0.6) is 0 Å². The summed E-state index contributed by atoms with van der Waals surface area (Å²) >= 11 is 0. The number of esters is 1. The molecule has 3 rings (SSSR count). The average molecular weight is 433 g/mol. The van der Waals surface area contributed by atoms with Crippen molar-refractivity contribution in [3.05, 3.63) is 30.6 Å². The smallest absolute Gasteiger partial charge is 0.414 e. The Bertz CT molecular complexity index is 905. The van der Waals surface area contributed by atoms with Gasteiger partial charge in [0.15, 0.2) is 0 Å². The number of ether oxygens (including phenoxy) is 1. The lowest BCUT2D eigenvalue weighted by Crippen LogP contribution is -2.39. The first-order chi connectivity index (χ1) is 14.8. The third kappa shape index (κ3) is 7.40. The highest BCUT2D eigenvalue weighted by Crippen LogP contribution is 2.22. The molecule has 10 heteroatoms. The number of rotatable bonds is 6. The van der Waals surface area contributed by atoms with Crippen molar-refractivity contribution in [1.29, 1.82) is 0 Å². The Kier molecular flexibility index (Phi) is 8.98. The molecule has 1 aliphatic rings. The Morgan fingerprint density at radius 1 is 1.06 bits per heavy atom. The fourth-order valence-corrected chi connectivity index (χ4v) is 3.40. The van der Waals surface area contributed by atoms with Gasteiger partial charge < -0.3 is 24.4 Å². The lowest BCUT2D eigenvalue weighted by Gasteiger charge is -2.32. The highest BCUT2D eigenvalue weighted by molar-refractivity contribution is 6.27. The normalized spacial score (nSPS) is 13.9. The lowest BCUT2D eigenvalue weighted by molar-refractivity contribution is -0.159. The van der Waals surface area contributed by atoms with Crippen molar-refractivity contribution in [2.45, 2.75) is 39.2 Å². The molecule has 1 aliphatic heterocycles. The molecule has 10 nitrogen and oxygen atoms in total. The molecule has 0 spiro atoms. The second-order valence-corrected chi connectivity index (χ2v) is 7.13. The van der Waals surface area contributed by atoms with Gasteiger partial charge in [0, 0.05) is 26.1 Å². The summed E-state index contributed by atoms with van der Waals surface area (Å²) < 4.78 is 7.08. The van der Waals surface area contributed by atoms with Crippen LogP contribution in [0.1, 0.15) is 32.6 Å². The minimum atomic E-state index is -1.82. The van der Waals surface area contributed by atoms with E-state index in [-0.39, 0.29) is 24.7 Å². The molecular weight excluding hydrogens is 406 g/mol. The Morgan fingerprint density at radius 2 is 1.71 bits per heavy atom. The standard InChI is InChI=1S/C19H25N3O3.C2H2O4/c1-2-25-19(24)8-7-18(23)21-11-9-15(10-12-21)13-22-14-20-16-5-3-4-6-17(16)22;3-1(4)2(5)6/h3-6,14-15H,2,7-13H2,1H3;(H,3,4)(H,5,6). The maximum absolute atomic E-state index is 12.2. The number of carbonyl (C=O) groups excluding carboxylic acids is 2. The fraction of sp³-hybridized carbons (Fsp3) is 0.476. The number of amides is 1. The van der Waals surface area contributed by atoms with Gasteiger partial charge in [-0.15, -0.1) is 0 Å². The highest BCUT2D eigenvalue weighted by Gasteiger charge is 2.23. The number of para-hydroxylation sites is 2. The Labute approximate surface area is 179 Å². The van der Waals surface area contributed by atoms with E-state index in [2.05, 4.69) is 15.6 Å². The van der Waals surface area contributed by atoms with E-state index in [1.807, 2.05) is 29.4 Å². The van der Waals surface area contributed by atoms with Crippen molar-refractivity contribution in [1.82, 2.24) is 14.5 Å². The summed E-state index contributed by atoms with van der Waals surface area (Å²) in [6.07, 6.45) is 4.29. The van der Waals surface area contributed by atoms with Crippen molar-refractivity contribution >= 4 is 34.8 Å². The molecule has 1 fully saturated rings. The van der Waals surface area contributed by atoms with Gasteiger partial charge >= 0.3 is 17.9 Å². The van der Waals surface area contributed by atoms with Crippen LogP contribution in [0.15, 0.2) is 30.6 Å². The van der Waals surface area contributed by atoms with Crippen molar-refractivity contribution in [3.8, 4) is 0 Å². The molecular formula is C21H27N3O7. The van der Waals surface area contributed by atoms with E-state index < -0.39 is 11.9 Å². The van der Waals surface area contributed by atoms with E-state index in [4.69, 9.17) is 24.5 Å². The quantitative estimate of drug-likeness (QED) is 0.519. The van der Waals surface area contributed by atoms with Crippen molar-refractivity contribution in [2.75, 3.05) is 19.7 Å². The molecule has 0 saturated carbocycles. The van der Waals surface area contributed by atoms with Crippen LogP contribution in [0.3, 0.4) is 0 Å². The third-order valence-electron chi connectivity index (χ3n) is 4.98. The maximum atomic E-state index is 12.2. The largest absolute Gasteiger partial charge is 0.473 e. The molecule has 1 saturated heterocycles. The first-order valence-corrected chi connectivity index (χ1v) is 10.1. The molecule has 168 valence electrons. The Morgan fingerprint density at radius 3 is 2.32 bits per heavy atom. The van der Waals surface area contributed by atoms with Crippen LogP contribution in [0.2, 0.25) is 0 Å². The highest BCUT2D eigenvalue weighted by atomic mass is 16.5. The second kappa shape index (κ2) is 11.7. The van der Waals surface area contributed by atoms with E-state index in [9.17, 15) is 9.59 Å². The summed E-state index contributed by atoms with van der Waals surface area (Å²) in [5, 5.41) is 14.8. The van der Waals surface area contributed by atoms with E-state index in [1.165, 1.54) is 0 Å². The summed E-state index contributed by atoms with van der Waals surface area (Å²) in [5.74, 6) is -3.34. The molecule has 1 aromatic carbocycles. The molecule has 0 bridgehead atoms. The number of benzene rings is 1. The molecule has 31 heavy (non-hydrogen) atoms. The molecule has 0 atom stereocenters. The number of hydrogen-bond acceptors (Lipinski definition) is 6. The van der Waals surface area contributed by atoms with Crippen molar-refractivity contribution in [2.24, 2.45) is 5.92 Å². The molecule has 2 N–H and O–H groups in total. The number of piperidine rings is 1. The number of aromatic nitrogens is 2. The van der Waals surface area contributed by atoms with Gasteiger partial charge in [0.05, 0.1) is 30.4 Å². The Balaban J connectivity index is 0.000000501. The minimum Gasteiger partial charge on any atom is -0.473 e. The van der Waals surface area contributed by atoms with Crippen molar-refractivity contribution in [3.63, 3.8) is 0 Å². The average Bonchev–Trinajstić information content (AvgIpc) is 3.16. The van der Waals surface area contributed by atoms with Gasteiger partial charge in [-0.3, -0.25) is 9.59 Å². The summed E-state index contributed by atoms with van der Waals surface area (Å²) in [7, 11) is 0. The number of imidazole rings is 1. The number of carboxylic acid groups (broad SMARTS) is 2. The number of carbonyl (C=O) groups is 4. The third-order valence-corrected chi connectivity index (χ3v) is 4.98. The zero-order chi connectivity index (χ0) is 22.8. The Hall–Kier alpha value is -3.43. The zero-order valence-electron chi connectivity index (χ0n) is 17.4. The molecule has 1 amide bonds. The van der Waals surface area contributed by atoms with Gasteiger partial charge in [0.2, 0.25) is 5.91 Å². The minimum absolute atomic E-state index is 0.0552. The van der Waals surface area contributed by atoms with Crippen LogP contribution < -0.4 is 0 Å². The molecule has 0 radical (unpaired) electrons. The molecule has 2 aromatic rings. The molecule has 0 aliphatic carbocycles. The van der Waals surface area contributed by atoms with E-state index in [0.717, 1.165) is 43.5 Å². The van der Waals surface area contributed by atoms with Gasteiger partial charge in [-0.1, -0.05) is 12.1 Å². The predicted molar refractivity (Wildman–Crippen MR) is 110 cm³/mol. The number of likely N-dealkylation sites (tertiary alicyclic amines) is 1. The SMILES string of the molecule is CCOC(=O)CCC(=O)N1CCC(Cn2cnc3ccccc32)CC1.O=C(O)C(=O)O. The van der Waals surface area contributed by atoms with Crippen LogP contribution in [0.4, 0.5) is 0 Å². The number of fused-ring (bicyclic) bond motifs is 1. The van der Waals surface area contributed by atoms with Crippen LogP contribution in [0, 0.1) is 5.92 Å². The van der Waals surface area contributed by atoms with Crippen LogP contribution in [-0.4, -0.2) is 68.2 Å². The van der Waals surface area contributed by atoms with E-state index in [0.29, 0.717) is 12.5 Å². The predicted octanol–water partition coefficient (Wildman–Crippen LogP) is 1.77. The number of carboxylic acids is 2. The van der Waals surface area contributed by atoms with E-state index >= 15 is 0 Å². The maximum Gasteiger partial charge on any atom is 0.414 e. The summed E-state index contributed by atoms with van der Waals surface area (Å²) in [4.78, 5) is 48.1. The monoisotopic (exact) mass is 433 g/mol. The van der Waals surface area contributed by atoms with Gasteiger partial charge in [-0.25, -0.2) is 14.6 Å². The number of aliphatic carboxylic acids is 2. The van der Waals surface area contributed by atoms with Crippen LogP contribution in [-0.2, 0) is 30.5 Å². The van der Waals surface area contributed by atoms with Gasteiger partial charge in [-0.05, 0) is 37.8 Å². The topological polar surface area (TPSA) is 139 Å². The summed E-state index contributed by atoms with van der Waals surface area (Å²) in [5.41, 5.74) is 2.18. The second-order valence-electron chi connectivity index (χ2n) is 7.13. The van der Waals surface area contributed by atoms with Gasteiger partial charge in [-0.2, -0.15) is 0 Å². The molecule has 1 aromatic heterocycles. The first kappa shape index (κ1) is 23.8. The molecule has 2 heterocycles. The van der Waals surface area contributed by atoms with Crippen LogP contribution >= 0.6 is 0 Å². The fourth-order valence-electron chi connectivity index (χ4n) is 3.40. The first-order valence-electron chi connectivity index (χ1n) is 10.1. The summed E-state index contributed by atoms with van der Waals surface area (Å²) in [6, 6.07) is 8.15. The van der Waals surface area contributed by atoms with Gasteiger partial charge in [0.1, 0.15) is 0 Å². The number of nitrogens with zero attached hydrogens (tertiary/aromatic N) is 3. The summed E-state index contributed by atoms with van der Waals surface area (Å²) in [6.45, 7) is 4.60. The zero-order valence-corrected chi connectivity index (χ0v) is 17.4. The van der Waals surface area contributed by atoms with Gasteiger partial charge in [0.25, 0.3) is 0 Å². The number of hydrogen-bond donors (Lipinski definition) is 2. The van der Waals surface area contributed by atoms with Crippen molar-refractivity contribution < 1.29 is 34.1 Å². The van der Waals surface area contributed by atoms with E-state index in [1.54, 1.807) is 6.92 Å². The van der Waals surface area contributed by atoms with Crippen LogP contribution in [0.25, 0.3) is 11.0 Å². The lowest BCUT2D eigenvalue weighted by atomic mass is 9.96. The molecule has 0 unspecified atom stereocenters.